The number of benzene rings is 3. The van der Waals surface area contributed by atoms with E-state index in [0.717, 1.165) is 16.3 Å². The van der Waals surface area contributed by atoms with Gasteiger partial charge in [-0.05, 0) is 40.7 Å². The molecule has 0 saturated carbocycles. The molecule has 0 saturated heterocycles. The second-order valence-corrected chi connectivity index (χ2v) is 9.87. The van der Waals surface area contributed by atoms with Crippen molar-refractivity contribution in [3.8, 4) is 5.75 Å². The lowest BCUT2D eigenvalue weighted by molar-refractivity contribution is -0.384. The molecule has 34 heavy (non-hydrogen) atoms. The standard InChI is InChI=1S/C22H19Cl3N4O4S/c1-33-15-9-10-17(18(12-15)29(31)32)26-21(34)28-20(22(23,24)25)27-19(30)11-14-7-4-6-13-5-2-3-8-16(13)14/h2-10,12,20H,11H2,1H3,(H,27,30)(H2,26,28,34)/t20-/m0/s1. The fraction of sp³-hybridized carbons (Fsp3) is 0.182. The van der Waals surface area contributed by atoms with Gasteiger partial charge in [0.2, 0.25) is 9.70 Å². The molecule has 0 radical (unpaired) electrons. The zero-order chi connectivity index (χ0) is 24.9. The van der Waals surface area contributed by atoms with Crippen molar-refractivity contribution in [1.29, 1.82) is 0 Å². The minimum Gasteiger partial charge on any atom is -0.496 e. The molecule has 3 aromatic carbocycles. The Morgan fingerprint density at radius 2 is 1.82 bits per heavy atom. The summed E-state index contributed by atoms with van der Waals surface area (Å²) >= 11 is 23.4. The number of ether oxygens (including phenoxy) is 1. The fourth-order valence-electron chi connectivity index (χ4n) is 3.22. The predicted molar refractivity (Wildman–Crippen MR) is 139 cm³/mol. The second kappa shape index (κ2) is 11.1. The summed E-state index contributed by atoms with van der Waals surface area (Å²) in [4.78, 5) is 23.6. The zero-order valence-corrected chi connectivity index (χ0v) is 20.8. The van der Waals surface area contributed by atoms with Crippen molar-refractivity contribution in [2.75, 3.05) is 12.4 Å². The van der Waals surface area contributed by atoms with E-state index < -0.39 is 20.8 Å². The highest BCUT2D eigenvalue weighted by molar-refractivity contribution is 7.80. The summed E-state index contributed by atoms with van der Waals surface area (Å²) in [5, 5.41) is 21.2. The van der Waals surface area contributed by atoms with Gasteiger partial charge >= 0.3 is 0 Å². The Labute approximate surface area is 215 Å². The van der Waals surface area contributed by atoms with Crippen LogP contribution in [0.15, 0.2) is 60.7 Å². The zero-order valence-electron chi connectivity index (χ0n) is 17.7. The number of thiocarbonyl (C=S) groups is 1. The number of hydrogen-bond donors (Lipinski definition) is 3. The van der Waals surface area contributed by atoms with Crippen molar-refractivity contribution in [2.45, 2.75) is 16.4 Å². The molecule has 0 bridgehead atoms. The van der Waals surface area contributed by atoms with Crippen molar-refractivity contribution in [1.82, 2.24) is 10.6 Å². The van der Waals surface area contributed by atoms with Gasteiger partial charge in [0.15, 0.2) is 5.11 Å². The Balaban J connectivity index is 1.72. The number of rotatable bonds is 7. The Hall–Kier alpha value is -2.85. The topological polar surface area (TPSA) is 106 Å². The second-order valence-electron chi connectivity index (χ2n) is 7.10. The summed E-state index contributed by atoms with van der Waals surface area (Å²) in [7, 11) is 1.39. The first-order chi connectivity index (χ1) is 16.1. The average Bonchev–Trinajstić information content (AvgIpc) is 2.78. The molecular weight excluding hydrogens is 523 g/mol. The maximum Gasteiger partial charge on any atom is 0.296 e. The molecule has 0 spiro atoms. The van der Waals surface area contributed by atoms with Crippen LogP contribution in [-0.4, -0.2) is 33.0 Å². The summed E-state index contributed by atoms with van der Waals surface area (Å²) in [6.45, 7) is 0. The van der Waals surface area contributed by atoms with Crippen LogP contribution in [0.5, 0.6) is 5.75 Å². The number of fused-ring (bicyclic) bond motifs is 1. The molecule has 3 N–H and O–H groups in total. The smallest absolute Gasteiger partial charge is 0.296 e. The van der Waals surface area contributed by atoms with E-state index >= 15 is 0 Å². The van der Waals surface area contributed by atoms with Crippen molar-refractivity contribution in [2.24, 2.45) is 0 Å². The molecule has 0 heterocycles. The van der Waals surface area contributed by atoms with Crippen LogP contribution >= 0.6 is 47.0 Å². The Morgan fingerprint density at radius 3 is 2.50 bits per heavy atom. The molecule has 0 aliphatic carbocycles. The largest absolute Gasteiger partial charge is 0.496 e. The van der Waals surface area contributed by atoms with Gasteiger partial charge in [0.05, 0.1) is 24.5 Å². The quantitative estimate of drug-likeness (QED) is 0.126. The number of nitrogens with one attached hydrogen (secondary N) is 3. The van der Waals surface area contributed by atoms with Crippen LogP contribution in [0.1, 0.15) is 5.56 Å². The molecule has 0 unspecified atom stereocenters. The highest BCUT2D eigenvalue weighted by Crippen LogP contribution is 2.31. The summed E-state index contributed by atoms with van der Waals surface area (Å²) in [5.74, 6) is -0.116. The summed E-state index contributed by atoms with van der Waals surface area (Å²) in [6, 6.07) is 17.5. The third-order valence-corrected chi connectivity index (χ3v) is 5.66. The van der Waals surface area contributed by atoms with Crippen molar-refractivity contribution in [3.63, 3.8) is 0 Å². The third-order valence-electron chi connectivity index (χ3n) is 4.79. The number of carbonyl (C=O) groups is 1. The molecule has 0 aliphatic heterocycles. The molecule has 0 aromatic heterocycles. The molecular formula is C22H19Cl3N4O4S. The van der Waals surface area contributed by atoms with E-state index in [1.165, 1.54) is 25.3 Å². The average molecular weight is 542 g/mol. The van der Waals surface area contributed by atoms with Crippen molar-refractivity contribution >= 4 is 80.2 Å². The SMILES string of the molecule is COc1ccc(NC(=S)N[C@H](NC(=O)Cc2cccc3ccccc23)C(Cl)(Cl)Cl)c([N+](=O)[O-])c1. The summed E-state index contributed by atoms with van der Waals surface area (Å²) in [6.07, 6.45) is -1.19. The monoisotopic (exact) mass is 540 g/mol. The van der Waals surface area contributed by atoms with E-state index in [0.29, 0.717) is 5.75 Å². The van der Waals surface area contributed by atoms with Crippen molar-refractivity contribution in [3.05, 3.63) is 76.3 Å². The number of nitrogens with zero attached hydrogens (tertiary/aromatic N) is 1. The van der Waals surface area contributed by atoms with E-state index in [1.54, 1.807) is 0 Å². The number of halogens is 3. The van der Waals surface area contributed by atoms with Gasteiger partial charge in [-0.25, -0.2) is 0 Å². The molecule has 3 aromatic rings. The van der Waals surface area contributed by atoms with Crippen LogP contribution in [-0.2, 0) is 11.2 Å². The summed E-state index contributed by atoms with van der Waals surface area (Å²) in [5.41, 5.74) is 0.621. The van der Waals surface area contributed by atoms with Crippen LogP contribution in [0.3, 0.4) is 0 Å². The number of nitro groups is 1. The maximum atomic E-state index is 12.8. The Morgan fingerprint density at radius 1 is 1.12 bits per heavy atom. The van der Waals surface area contributed by atoms with Crippen molar-refractivity contribution < 1.29 is 14.5 Å². The first-order valence-corrected chi connectivity index (χ1v) is 11.4. The van der Waals surface area contributed by atoms with Crippen LogP contribution in [0.4, 0.5) is 11.4 Å². The number of carbonyl (C=O) groups excluding carboxylic acids is 1. The highest BCUT2D eigenvalue weighted by atomic mass is 35.6. The highest BCUT2D eigenvalue weighted by Gasteiger charge is 2.35. The lowest BCUT2D eigenvalue weighted by Crippen LogP contribution is -2.56. The van der Waals surface area contributed by atoms with Crippen LogP contribution < -0.4 is 20.7 Å². The van der Waals surface area contributed by atoms with Gasteiger partial charge < -0.3 is 20.7 Å². The number of methoxy groups -OCH3 is 1. The Bertz CT molecular complexity index is 1230. The van der Waals surface area contributed by atoms with Crippen LogP contribution in [0.25, 0.3) is 10.8 Å². The number of hydrogen-bond acceptors (Lipinski definition) is 5. The van der Waals surface area contributed by atoms with E-state index in [1.807, 2.05) is 42.5 Å². The van der Waals surface area contributed by atoms with Gasteiger partial charge in [0, 0.05) is 0 Å². The maximum absolute atomic E-state index is 12.8. The lowest BCUT2D eigenvalue weighted by atomic mass is 10.0. The molecule has 0 aliphatic rings. The minimum atomic E-state index is -1.98. The lowest BCUT2D eigenvalue weighted by Gasteiger charge is -2.28. The van der Waals surface area contributed by atoms with Gasteiger partial charge in [0.1, 0.15) is 17.6 Å². The van der Waals surface area contributed by atoms with Crippen LogP contribution in [0, 0.1) is 10.1 Å². The number of nitro benzene ring substituents is 1. The molecule has 178 valence electrons. The first kappa shape index (κ1) is 25.8. The normalized spacial score (nSPS) is 12.0. The molecule has 8 nitrogen and oxygen atoms in total. The Kier molecular flexibility index (Phi) is 8.37. The predicted octanol–water partition coefficient (Wildman–Crippen LogP) is 5.10. The van der Waals surface area contributed by atoms with Gasteiger partial charge in [-0.2, -0.15) is 0 Å². The minimum absolute atomic E-state index is 0.0322. The van der Waals surface area contributed by atoms with Gasteiger partial charge in [0.25, 0.3) is 5.69 Å². The van der Waals surface area contributed by atoms with E-state index in [2.05, 4.69) is 16.0 Å². The molecule has 0 fully saturated rings. The van der Waals surface area contributed by atoms with E-state index in [9.17, 15) is 14.9 Å². The van der Waals surface area contributed by atoms with Gasteiger partial charge in [-0.1, -0.05) is 77.3 Å². The number of alkyl halides is 3. The molecule has 1 atom stereocenters. The van der Waals surface area contributed by atoms with Gasteiger partial charge in [-0.3, -0.25) is 14.9 Å². The molecule has 1 amide bonds. The van der Waals surface area contributed by atoms with Crippen LogP contribution in [0.2, 0.25) is 0 Å². The number of anilines is 1. The molecule has 12 heteroatoms. The summed E-state index contributed by atoms with van der Waals surface area (Å²) < 4.78 is 3.03. The first-order valence-electron chi connectivity index (χ1n) is 9.81. The fourth-order valence-corrected chi connectivity index (χ4v) is 3.77. The molecule has 3 rings (SSSR count). The van der Waals surface area contributed by atoms with E-state index in [-0.39, 0.29) is 22.9 Å². The van der Waals surface area contributed by atoms with E-state index in [4.69, 9.17) is 51.8 Å². The van der Waals surface area contributed by atoms with Gasteiger partial charge in [-0.15, -0.1) is 0 Å². The number of amides is 1. The third kappa shape index (κ3) is 6.60.